The molecule has 6 nitrogen and oxygen atoms in total. The van der Waals surface area contributed by atoms with Crippen molar-refractivity contribution in [2.45, 2.75) is 38.4 Å². The number of carboxylic acids is 1. The van der Waals surface area contributed by atoms with Crippen molar-refractivity contribution in [1.29, 1.82) is 0 Å². The summed E-state index contributed by atoms with van der Waals surface area (Å²) >= 11 is 0. The highest BCUT2D eigenvalue weighted by Gasteiger charge is 2.36. The molecule has 1 saturated carbocycles. The van der Waals surface area contributed by atoms with Crippen molar-refractivity contribution in [2.75, 3.05) is 13.7 Å². The number of hydrogen-bond acceptors (Lipinski definition) is 4. The van der Waals surface area contributed by atoms with E-state index >= 15 is 0 Å². The Kier molecular flexibility index (Phi) is 5.38. The van der Waals surface area contributed by atoms with Gasteiger partial charge in [0.15, 0.2) is 0 Å². The average molecular weight is 306 g/mol. The number of hydrogen-bond donors (Lipinski definition) is 2. The highest BCUT2D eigenvalue weighted by molar-refractivity contribution is 5.80. The summed E-state index contributed by atoms with van der Waals surface area (Å²) in [4.78, 5) is 24.9. The van der Waals surface area contributed by atoms with Crippen molar-refractivity contribution in [3.8, 4) is 5.75 Å². The number of benzene rings is 1. The zero-order chi connectivity index (χ0) is 16.1. The van der Waals surface area contributed by atoms with Gasteiger partial charge in [0, 0.05) is 12.6 Å². The van der Waals surface area contributed by atoms with Crippen LogP contribution in [0.1, 0.15) is 25.3 Å². The summed E-state index contributed by atoms with van der Waals surface area (Å²) in [5.74, 6) is -0.282. The van der Waals surface area contributed by atoms with Gasteiger partial charge in [-0.3, -0.25) is 14.5 Å². The van der Waals surface area contributed by atoms with Crippen molar-refractivity contribution >= 4 is 11.9 Å². The number of carbonyl (C=O) groups is 2. The molecular weight excluding hydrogens is 284 g/mol. The molecule has 22 heavy (non-hydrogen) atoms. The Hall–Kier alpha value is -2.08. The number of ether oxygens (including phenoxy) is 1. The van der Waals surface area contributed by atoms with Crippen LogP contribution in [0, 0.1) is 0 Å². The topological polar surface area (TPSA) is 78.9 Å². The zero-order valence-electron chi connectivity index (χ0n) is 12.9. The lowest BCUT2D eigenvalue weighted by Gasteiger charge is -2.25. The van der Waals surface area contributed by atoms with E-state index in [0.29, 0.717) is 6.54 Å². The van der Waals surface area contributed by atoms with Crippen LogP contribution in [-0.2, 0) is 16.1 Å². The summed E-state index contributed by atoms with van der Waals surface area (Å²) in [5.41, 5.74) is 0.971. The molecule has 2 rings (SSSR count). The first-order valence-corrected chi connectivity index (χ1v) is 7.39. The molecule has 0 aliphatic heterocycles. The van der Waals surface area contributed by atoms with Crippen molar-refractivity contribution in [3.05, 3.63) is 29.8 Å². The number of aliphatic carboxylic acids is 1. The number of carboxylic acid groups (broad SMARTS) is 1. The maximum atomic E-state index is 12.0. The number of nitrogens with one attached hydrogen (secondary N) is 1. The molecular formula is C16H22N2O4. The van der Waals surface area contributed by atoms with Gasteiger partial charge in [0.05, 0.1) is 13.7 Å². The molecule has 0 saturated heterocycles. The van der Waals surface area contributed by atoms with Crippen LogP contribution >= 0.6 is 0 Å². The van der Waals surface area contributed by atoms with E-state index < -0.39 is 12.0 Å². The summed E-state index contributed by atoms with van der Waals surface area (Å²) in [5, 5.41) is 11.9. The largest absolute Gasteiger partial charge is 0.497 e. The highest BCUT2D eigenvalue weighted by atomic mass is 16.5. The second-order valence-electron chi connectivity index (χ2n) is 5.54. The van der Waals surface area contributed by atoms with Gasteiger partial charge in [-0.25, -0.2) is 0 Å². The number of rotatable bonds is 8. The van der Waals surface area contributed by atoms with E-state index in [4.69, 9.17) is 9.84 Å². The highest BCUT2D eigenvalue weighted by Crippen LogP contribution is 2.28. The van der Waals surface area contributed by atoms with Crippen LogP contribution in [0.15, 0.2) is 24.3 Å². The molecule has 1 amide bonds. The van der Waals surface area contributed by atoms with Gasteiger partial charge in [-0.05, 0) is 37.5 Å². The Bertz CT molecular complexity index is 525. The Morgan fingerprint density at radius 1 is 1.36 bits per heavy atom. The molecule has 1 aromatic rings. The third-order valence-corrected chi connectivity index (χ3v) is 3.85. The first kappa shape index (κ1) is 16.3. The lowest BCUT2D eigenvalue weighted by molar-refractivity contribution is -0.143. The van der Waals surface area contributed by atoms with Crippen LogP contribution in [0.3, 0.4) is 0 Å². The van der Waals surface area contributed by atoms with Gasteiger partial charge in [0.25, 0.3) is 0 Å². The molecule has 1 aliphatic rings. The first-order valence-electron chi connectivity index (χ1n) is 7.39. The van der Waals surface area contributed by atoms with Crippen LogP contribution in [0.4, 0.5) is 0 Å². The van der Waals surface area contributed by atoms with E-state index in [2.05, 4.69) is 5.32 Å². The second-order valence-corrected chi connectivity index (χ2v) is 5.54. The van der Waals surface area contributed by atoms with E-state index in [9.17, 15) is 9.59 Å². The molecule has 0 heterocycles. The normalized spacial score (nSPS) is 15.4. The standard InChI is InChI=1S/C16H22N2O4/c1-11(16(20)21)18(13-5-6-13)10-15(19)17-9-12-3-7-14(22-2)8-4-12/h3-4,7-8,11,13H,5-6,9-10H2,1-2H3,(H,17,19)(H,20,21). The van der Waals surface area contributed by atoms with Gasteiger partial charge in [0.1, 0.15) is 11.8 Å². The number of methoxy groups -OCH3 is 1. The first-order chi connectivity index (χ1) is 10.5. The van der Waals surface area contributed by atoms with Gasteiger partial charge in [-0.15, -0.1) is 0 Å². The van der Waals surface area contributed by atoms with Gasteiger partial charge in [-0.1, -0.05) is 12.1 Å². The van der Waals surface area contributed by atoms with Crippen molar-refractivity contribution < 1.29 is 19.4 Å². The van der Waals surface area contributed by atoms with Gasteiger partial charge in [0.2, 0.25) is 5.91 Å². The Labute approximate surface area is 130 Å². The van der Waals surface area contributed by atoms with Crippen molar-refractivity contribution in [2.24, 2.45) is 0 Å². The summed E-state index contributed by atoms with van der Waals surface area (Å²) in [6.45, 7) is 2.16. The number of carbonyl (C=O) groups excluding carboxylic acids is 1. The minimum Gasteiger partial charge on any atom is -0.497 e. The van der Waals surface area contributed by atoms with E-state index in [1.807, 2.05) is 24.3 Å². The molecule has 1 unspecified atom stereocenters. The van der Waals surface area contributed by atoms with E-state index in [-0.39, 0.29) is 18.5 Å². The number of nitrogens with zero attached hydrogens (tertiary/aromatic N) is 1. The molecule has 1 atom stereocenters. The third kappa shape index (κ3) is 4.46. The lowest BCUT2D eigenvalue weighted by Crippen LogP contribution is -2.46. The fraction of sp³-hybridized carbons (Fsp3) is 0.500. The van der Waals surface area contributed by atoms with Gasteiger partial charge >= 0.3 is 5.97 Å². The van der Waals surface area contributed by atoms with Crippen molar-refractivity contribution in [1.82, 2.24) is 10.2 Å². The summed E-state index contributed by atoms with van der Waals surface area (Å²) in [7, 11) is 1.60. The third-order valence-electron chi connectivity index (χ3n) is 3.85. The Morgan fingerprint density at radius 3 is 2.50 bits per heavy atom. The van der Waals surface area contributed by atoms with Gasteiger partial charge < -0.3 is 15.2 Å². The lowest BCUT2D eigenvalue weighted by atomic mass is 10.2. The quantitative estimate of drug-likeness (QED) is 0.755. The smallest absolute Gasteiger partial charge is 0.320 e. The van der Waals surface area contributed by atoms with E-state index in [0.717, 1.165) is 24.2 Å². The van der Waals surface area contributed by atoms with E-state index in [1.165, 1.54) is 0 Å². The maximum absolute atomic E-state index is 12.0. The van der Waals surface area contributed by atoms with Crippen LogP contribution < -0.4 is 10.1 Å². The summed E-state index contributed by atoms with van der Waals surface area (Å²) < 4.78 is 5.08. The predicted octanol–water partition coefficient (Wildman–Crippen LogP) is 1.25. The van der Waals surface area contributed by atoms with Crippen LogP contribution in [-0.4, -0.2) is 47.6 Å². The zero-order valence-corrected chi connectivity index (χ0v) is 12.9. The monoisotopic (exact) mass is 306 g/mol. The number of amides is 1. The molecule has 0 spiro atoms. The molecule has 1 aliphatic carbocycles. The maximum Gasteiger partial charge on any atom is 0.320 e. The van der Waals surface area contributed by atoms with Crippen LogP contribution in [0.25, 0.3) is 0 Å². The molecule has 0 bridgehead atoms. The summed E-state index contributed by atoms with van der Waals surface area (Å²) in [6, 6.07) is 7.03. The van der Waals surface area contributed by atoms with E-state index in [1.54, 1.807) is 18.9 Å². The Morgan fingerprint density at radius 2 is 2.00 bits per heavy atom. The molecule has 0 radical (unpaired) electrons. The fourth-order valence-electron chi connectivity index (χ4n) is 2.30. The minimum atomic E-state index is -0.894. The predicted molar refractivity (Wildman–Crippen MR) is 81.7 cm³/mol. The van der Waals surface area contributed by atoms with Gasteiger partial charge in [-0.2, -0.15) is 0 Å². The molecule has 0 aromatic heterocycles. The van der Waals surface area contributed by atoms with Crippen LogP contribution in [0.2, 0.25) is 0 Å². The minimum absolute atomic E-state index is 0.119. The average Bonchev–Trinajstić information content (AvgIpc) is 3.35. The SMILES string of the molecule is COc1ccc(CNC(=O)CN(C2CC2)C(C)C(=O)O)cc1. The summed E-state index contributed by atoms with van der Waals surface area (Å²) in [6.07, 6.45) is 1.92. The van der Waals surface area contributed by atoms with Crippen molar-refractivity contribution in [3.63, 3.8) is 0 Å². The molecule has 6 heteroatoms. The Balaban J connectivity index is 1.84. The molecule has 1 fully saturated rings. The molecule has 2 N–H and O–H groups in total. The molecule has 120 valence electrons. The fourth-order valence-corrected chi connectivity index (χ4v) is 2.30. The molecule has 1 aromatic carbocycles. The van der Waals surface area contributed by atoms with Crippen LogP contribution in [0.5, 0.6) is 5.75 Å². The second kappa shape index (κ2) is 7.26.